The van der Waals surface area contributed by atoms with Crippen molar-refractivity contribution in [3.05, 3.63) is 11.4 Å². The van der Waals surface area contributed by atoms with Gasteiger partial charge in [0.1, 0.15) is 10.9 Å². The molecule has 0 aliphatic heterocycles. The molecule has 1 aromatic rings. The number of aromatic nitrogens is 2. The van der Waals surface area contributed by atoms with Crippen molar-refractivity contribution >= 4 is 25.6 Å². The molecule has 0 aliphatic carbocycles. The van der Waals surface area contributed by atoms with Gasteiger partial charge in [0, 0.05) is 16.2 Å². The van der Waals surface area contributed by atoms with Crippen LogP contribution >= 0.6 is 10.7 Å². The minimum atomic E-state index is -3.89. The summed E-state index contributed by atoms with van der Waals surface area (Å²) in [6.07, 6.45) is 0.782. The van der Waals surface area contributed by atoms with E-state index in [0.717, 1.165) is 6.42 Å². The molecule has 0 aromatic carbocycles. The van der Waals surface area contributed by atoms with Gasteiger partial charge in [-0.3, -0.25) is 9.48 Å². The number of rotatable bonds is 5. The monoisotopic (exact) mass is 335 g/mol. The van der Waals surface area contributed by atoms with E-state index >= 15 is 0 Å². The highest BCUT2D eigenvalue weighted by molar-refractivity contribution is 8.13. The zero-order chi connectivity index (χ0) is 16.6. The highest BCUT2D eigenvalue weighted by Gasteiger charge is 2.28. The van der Waals surface area contributed by atoms with Gasteiger partial charge in [0.15, 0.2) is 0 Å². The standard InChI is InChI=1S/C13H22ClN3O3S/c1-7-13(5,6)15-12(18)10(4)17-9(3)11(8(2)16-17)21(14,19)20/h10H,7H2,1-6H3,(H,15,18). The maximum absolute atomic E-state index is 12.3. The molecule has 1 unspecified atom stereocenters. The summed E-state index contributed by atoms with van der Waals surface area (Å²) in [5, 5.41) is 7.06. The van der Waals surface area contributed by atoms with Crippen LogP contribution in [0.4, 0.5) is 0 Å². The summed E-state index contributed by atoms with van der Waals surface area (Å²) in [7, 11) is 1.53. The lowest BCUT2D eigenvalue weighted by molar-refractivity contribution is -0.125. The number of amides is 1. The van der Waals surface area contributed by atoms with Gasteiger partial charge in [-0.2, -0.15) is 5.10 Å². The number of hydrogen-bond donors (Lipinski definition) is 1. The molecule has 1 N–H and O–H groups in total. The van der Waals surface area contributed by atoms with Crippen LogP contribution in [0.5, 0.6) is 0 Å². The van der Waals surface area contributed by atoms with Crippen molar-refractivity contribution in [1.29, 1.82) is 0 Å². The first-order valence-electron chi connectivity index (χ1n) is 6.73. The van der Waals surface area contributed by atoms with Crippen molar-refractivity contribution in [2.75, 3.05) is 0 Å². The molecule has 0 spiro atoms. The largest absolute Gasteiger partial charge is 0.349 e. The van der Waals surface area contributed by atoms with E-state index in [2.05, 4.69) is 10.4 Å². The summed E-state index contributed by atoms with van der Waals surface area (Å²) in [4.78, 5) is 12.3. The smallest absolute Gasteiger partial charge is 0.264 e. The van der Waals surface area contributed by atoms with Gasteiger partial charge < -0.3 is 5.32 Å². The van der Waals surface area contributed by atoms with Gasteiger partial charge in [-0.15, -0.1) is 0 Å². The first-order chi connectivity index (χ1) is 9.40. The molecule has 1 rings (SSSR count). The third-order valence-electron chi connectivity index (χ3n) is 3.59. The fraction of sp³-hybridized carbons (Fsp3) is 0.692. The molecular formula is C13H22ClN3O3S. The van der Waals surface area contributed by atoms with Crippen LogP contribution in [0, 0.1) is 13.8 Å². The van der Waals surface area contributed by atoms with Crippen LogP contribution in [0.3, 0.4) is 0 Å². The topological polar surface area (TPSA) is 81.1 Å². The summed E-state index contributed by atoms with van der Waals surface area (Å²) in [6.45, 7) is 10.6. The Morgan fingerprint density at radius 1 is 1.43 bits per heavy atom. The van der Waals surface area contributed by atoms with E-state index in [9.17, 15) is 13.2 Å². The molecule has 1 atom stereocenters. The molecular weight excluding hydrogens is 314 g/mol. The highest BCUT2D eigenvalue weighted by Crippen LogP contribution is 2.25. The molecule has 0 fully saturated rings. The van der Waals surface area contributed by atoms with Crippen molar-refractivity contribution < 1.29 is 13.2 Å². The van der Waals surface area contributed by atoms with Gasteiger partial charge in [-0.05, 0) is 41.0 Å². The first kappa shape index (κ1) is 18.0. The van der Waals surface area contributed by atoms with Crippen LogP contribution in [0.2, 0.25) is 0 Å². The Kier molecular flexibility index (Phi) is 5.10. The molecule has 21 heavy (non-hydrogen) atoms. The van der Waals surface area contributed by atoms with Crippen LogP contribution < -0.4 is 5.32 Å². The third-order valence-corrected chi connectivity index (χ3v) is 5.14. The summed E-state index contributed by atoms with van der Waals surface area (Å²) in [5.74, 6) is -0.217. The fourth-order valence-corrected chi connectivity index (χ4v) is 3.53. The van der Waals surface area contributed by atoms with Crippen molar-refractivity contribution in [3.63, 3.8) is 0 Å². The van der Waals surface area contributed by atoms with Crippen molar-refractivity contribution in [3.8, 4) is 0 Å². The molecule has 1 amide bonds. The number of carbonyl (C=O) groups is 1. The van der Waals surface area contributed by atoms with Gasteiger partial charge in [0.05, 0.1) is 11.4 Å². The number of nitrogens with one attached hydrogen (secondary N) is 1. The fourth-order valence-electron chi connectivity index (χ4n) is 2.02. The Morgan fingerprint density at radius 2 is 1.95 bits per heavy atom. The minimum Gasteiger partial charge on any atom is -0.349 e. The van der Waals surface area contributed by atoms with E-state index in [1.165, 1.54) is 4.68 Å². The second-order valence-corrected chi connectivity index (χ2v) is 8.29. The van der Waals surface area contributed by atoms with E-state index in [4.69, 9.17) is 10.7 Å². The van der Waals surface area contributed by atoms with Gasteiger partial charge in [-0.25, -0.2) is 8.42 Å². The lowest BCUT2D eigenvalue weighted by Gasteiger charge is -2.26. The van der Waals surface area contributed by atoms with Crippen LogP contribution in [0.1, 0.15) is 51.5 Å². The number of nitrogens with zero attached hydrogens (tertiary/aromatic N) is 2. The maximum atomic E-state index is 12.3. The van der Waals surface area contributed by atoms with Crippen LogP contribution in [0.25, 0.3) is 0 Å². The lowest BCUT2D eigenvalue weighted by atomic mass is 10.0. The molecule has 6 nitrogen and oxygen atoms in total. The Bertz CT molecular complexity index is 650. The Labute approximate surface area is 130 Å². The SMILES string of the molecule is CCC(C)(C)NC(=O)C(C)n1nc(C)c(S(=O)(=O)Cl)c1C. The molecule has 0 aliphatic rings. The van der Waals surface area contributed by atoms with Crippen LogP contribution in [-0.4, -0.2) is 29.6 Å². The summed E-state index contributed by atoms with van der Waals surface area (Å²) < 4.78 is 24.5. The first-order valence-corrected chi connectivity index (χ1v) is 9.04. The van der Waals surface area contributed by atoms with Crippen LogP contribution in [-0.2, 0) is 13.8 Å². The molecule has 0 bridgehead atoms. The third kappa shape index (κ3) is 3.97. The van der Waals surface area contributed by atoms with E-state index in [1.807, 2.05) is 20.8 Å². The van der Waals surface area contributed by atoms with Crippen molar-refractivity contribution in [1.82, 2.24) is 15.1 Å². The second kappa shape index (κ2) is 5.96. The van der Waals surface area contributed by atoms with E-state index in [0.29, 0.717) is 5.69 Å². The molecule has 0 saturated heterocycles. The van der Waals surface area contributed by atoms with Gasteiger partial charge in [0.25, 0.3) is 9.05 Å². The number of aryl methyl sites for hydroxylation is 1. The number of hydrogen-bond acceptors (Lipinski definition) is 4. The van der Waals surface area contributed by atoms with E-state index in [-0.39, 0.29) is 22.0 Å². The molecule has 120 valence electrons. The zero-order valence-electron chi connectivity index (χ0n) is 13.2. The Hall–Kier alpha value is -1.08. The number of carbonyl (C=O) groups excluding carboxylic acids is 1. The average Bonchev–Trinajstić information content (AvgIpc) is 2.62. The van der Waals surface area contributed by atoms with Crippen LogP contribution in [0.15, 0.2) is 4.90 Å². The van der Waals surface area contributed by atoms with Crippen molar-refractivity contribution in [2.45, 2.75) is 64.4 Å². The summed E-state index contributed by atoms with van der Waals surface area (Å²) in [5.41, 5.74) is 0.319. The second-order valence-electron chi connectivity index (χ2n) is 5.79. The minimum absolute atomic E-state index is 0.0291. The molecule has 0 saturated carbocycles. The molecule has 1 aromatic heterocycles. The normalized spacial score (nSPS) is 14.0. The van der Waals surface area contributed by atoms with E-state index in [1.54, 1.807) is 20.8 Å². The lowest BCUT2D eigenvalue weighted by Crippen LogP contribution is -2.45. The van der Waals surface area contributed by atoms with Gasteiger partial charge in [0.2, 0.25) is 5.91 Å². The predicted molar refractivity (Wildman–Crippen MR) is 82.0 cm³/mol. The predicted octanol–water partition coefficient (Wildman–Crippen LogP) is 2.29. The zero-order valence-corrected chi connectivity index (χ0v) is 14.8. The molecule has 1 heterocycles. The highest BCUT2D eigenvalue weighted by atomic mass is 35.7. The quantitative estimate of drug-likeness (QED) is 0.837. The van der Waals surface area contributed by atoms with Crippen molar-refractivity contribution in [2.24, 2.45) is 0 Å². The number of halogens is 1. The summed E-state index contributed by atoms with van der Waals surface area (Å²) in [6, 6.07) is -0.623. The molecule has 8 heteroatoms. The van der Waals surface area contributed by atoms with Gasteiger partial charge >= 0.3 is 0 Å². The Balaban J connectivity index is 3.16. The van der Waals surface area contributed by atoms with E-state index < -0.39 is 15.1 Å². The average molecular weight is 336 g/mol. The summed E-state index contributed by atoms with van der Waals surface area (Å²) >= 11 is 0. The Morgan fingerprint density at radius 3 is 2.33 bits per heavy atom. The van der Waals surface area contributed by atoms with Gasteiger partial charge in [-0.1, -0.05) is 6.92 Å². The maximum Gasteiger partial charge on any atom is 0.264 e. The molecule has 0 radical (unpaired) electrons.